The molecule has 0 atom stereocenters. The summed E-state index contributed by atoms with van der Waals surface area (Å²) in [5.74, 6) is 0.0518. The number of halogens is 3. The van der Waals surface area contributed by atoms with Crippen molar-refractivity contribution in [1.29, 1.82) is 0 Å². The SMILES string of the molecule is CNc1cc(C(F)(F)F)cc(OCc2ccccc2)n1. The van der Waals surface area contributed by atoms with Crippen LogP contribution in [0.4, 0.5) is 19.0 Å². The molecule has 0 aliphatic carbocycles. The van der Waals surface area contributed by atoms with Crippen LogP contribution >= 0.6 is 0 Å². The number of pyridine rings is 1. The molecule has 1 aromatic carbocycles. The van der Waals surface area contributed by atoms with E-state index in [1.165, 1.54) is 7.05 Å². The monoisotopic (exact) mass is 282 g/mol. The van der Waals surface area contributed by atoms with Gasteiger partial charge >= 0.3 is 6.18 Å². The van der Waals surface area contributed by atoms with Crippen molar-refractivity contribution in [2.75, 3.05) is 12.4 Å². The molecule has 2 rings (SSSR count). The van der Waals surface area contributed by atoms with Crippen molar-refractivity contribution >= 4 is 5.82 Å². The fourth-order valence-electron chi connectivity index (χ4n) is 1.60. The van der Waals surface area contributed by atoms with Crippen LogP contribution in [0.25, 0.3) is 0 Å². The fraction of sp³-hybridized carbons (Fsp3) is 0.214. The molecule has 0 amide bonds. The van der Waals surface area contributed by atoms with Crippen LogP contribution in [-0.2, 0) is 12.8 Å². The number of ether oxygens (including phenoxy) is 1. The summed E-state index contributed by atoms with van der Waals surface area (Å²) in [7, 11) is 1.50. The van der Waals surface area contributed by atoms with E-state index in [-0.39, 0.29) is 18.3 Å². The molecule has 1 aromatic heterocycles. The second kappa shape index (κ2) is 5.81. The van der Waals surface area contributed by atoms with Gasteiger partial charge in [-0.2, -0.15) is 18.2 Å². The Morgan fingerprint density at radius 3 is 2.45 bits per heavy atom. The zero-order valence-electron chi connectivity index (χ0n) is 10.7. The van der Waals surface area contributed by atoms with Gasteiger partial charge in [0, 0.05) is 13.1 Å². The third-order valence-electron chi connectivity index (χ3n) is 2.61. The third-order valence-corrected chi connectivity index (χ3v) is 2.61. The summed E-state index contributed by atoms with van der Waals surface area (Å²) in [4.78, 5) is 3.95. The van der Waals surface area contributed by atoms with E-state index in [0.717, 1.165) is 17.7 Å². The largest absolute Gasteiger partial charge is 0.473 e. The second-order valence-corrected chi connectivity index (χ2v) is 4.10. The van der Waals surface area contributed by atoms with Gasteiger partial charge in [-0.3, -0.25) is 0 Å². The number of aromatic nitrogens is 1. The average Bonchev–Trinajstić information content (AvgIpc) is 2.45. The molecule has 0 fully saturated rings. The van der Waals surface area contributed by atoms with E-state index in [0.29, 0.717) is 0 Å². The normalized spacial score (nSPS) is 11.2. The highest BCUT2D eigenvalue weighted by atomic mass is 19.4. The highest BCUT2D eigenvalue weighted by Crippen LogP contribution is 2.32. The van der Waals surface area contributed by atoms with E-state index in [2.05, 4.69) is 10.3 Å². The molecular weight excluding hydrogens is 269 g/mol. The molecule has 1 heterocycles. The standard InChI is InChI=1S/C14H13F3N2O/c1-18-12-7-11(14(15,16)17)8-13(19-12)20-9-10-5-3-2-4-6-10/h2-8H,9H2,1H3,(H,18,19). The molecule has 0 unspecified atom stereocenters. The summed E-state index contributed by atoms with van der Waals surface area (Å²) >= 11 is 0. The lowest BCUT2D eigenvalue weighted by atomic mass is 10.2. The van der Waals surface area contributed by atoms with Gasteiger partial charge < -0.3 is 10.1 Å². The molecule has 0 saturated carbocycles. The maximum absolute atomic E-state index is 12.7. The van der Waals surface area contributed by atoms with Gasteiger partial charge in [0.2, 0.25) is 5.88 Å². The van der Waals surface area contributed by atoms with Gasteiger partial charge in [0.25, 0.3) is 0 Å². The minimum absolute atomic E-state index is 0.0620. The summed E-state index contributed by atoms with van der Waals surface area (Å²) in [5, 5.41) is 2.59. The number of alkyl halides is 3. The van der Waals surface area contributed by atoms with Crippen LogP contribution in [0, 0.1) is 0 Å². The van der Waals surface area contributed by atoms with Crippen molar-refractivity contribution in [3.8, 4) is 5.88 Å². The van der Waals surface area contributed by atoms with Gasteiger partial charge in [-0.25, -0.2) is 0 Å². The van der Waals surface area contributed by atoms with E-state index in [4.69, 9.17) is 4.74 Å². The molecule has 0 spiro atoms. The smallest absolute Gasteiger partial charge is 0.416 e. The number of hydrogen-bond acceptors (Lipinski definition) is 3. The maximum atomic E-state index is 12.7. The zero-order chi connectivity index (χ0) is 14.6. The summed E-state index contributed by atoms with van der Waals surface area (Å²) in [5.41, 5.74) is 0.0673. The van der Waals surface area contributed by atoms with Crippen LogP contribution < -0.4 is 10.1 Å². The van der Waals surface area contributed by atoms with Crippen molar-refractivity contribution in [1.82, 2.24) is 4.98 Å². The second-order valence-electron chi connectivity index (χ2n) is 4.10. The Morgan fingerprint density at radius 1 is 1.15 bits per heavy atom. The molecule has 0 bridgehead atoms. The maximum Gasteiger partial charge on any atom is 0.416 e. The van der Waals surface area contributed by atoms with Crippen molar-refractivity contribution in [3.05, 3.63) is 53.6 Å². The van der Waals surface area contributed by atoms with Crippen LogP contribution in [0.15, 0.2) is 42.5 Å². The number of anilines is 1. The fourth-order valence-corrected chi connectivity index (χ4v) is 1.60. The van der Waals surface area contributed by atoms with Gasteiger partial charge in [0.1, 0.15) is 12.4 Å². The number of hydrogen-bond donors (Lipinski definition) is 1. The van der Waals surface area contributed by atoms with Crippen molar-refractivity contribution in [2.45, 2.75) is 12.8 Å². The van der Waals surface area contributed by atoms with E-state index >= 15 is 0 Å². The first-order valence-electron chi connectivity index (χ1n) is 5.93. The number of nitrogens with zero attached hydrogens (tertiary/aromatic N) is 1. The van der Waals surface area contributed by atoms with Crippen molar-refractivity contribution < 1.29 is 17.9 Å². The van der Waals surface area contributed by atoms with Crippen LogP contribution in [0.5, 0.6) is 5.88 Å². The molecule has 0 saturated heterocycles. The van der Waals surface area contributed by atoms with Gasteiger partial charge in [-0.05, 0) is 11.6 Å². The molecule has 0 radical (unpaired) electrons. The molecule has 0 aliphatic rings. The third kappa shape index (κ3) is 3.63. The predicted octanol–water partition coefficient (Wildman–Crippen LogP) is 3.72. The summed E-state index contributed by atoms with van der Waals surface area (Å²) in [6, 6.07) is 11.0. The highest BCUT2D eigenvalue weighted by molar-refractivity contribution is 5.42. The Labute approximate surface area is 114 Å². The lowest BCUT2D eigenvalue weighted by molar-refractivity contribution is -0.137. The zero-order valence-corrected chi connectivity index (χ0v) is 10.7. The van der Waals surface area contributed by atoms with Crippen LogP contribution in [0.3, 0.4) is 0 Å². The minimum Gasteiger partial charge on any atom is -0.473 e. The van der Waals surface area contributed by atoms with E-state index in [9.17, 15) is 13.2 Å². The number of nitrogens with one attached hydrogen (secondary N) is 1. The number of rotatable bonds is 4. The number of benzene rings is 1. The average molecular weight is 282 g/mol. The van der Waals surface area contributed by atoms with Gasteiger partial charge in [-0.15, -0.1) is 0 Å². The molecule has 20 heavy (non-hydrogen) atoms. The first kappa shape index (κ1) is 14.2. The first-order chi connectivity index (χ1) is 9.49. The van der Waals surface area contributed by atoms with E-state index < -0.39 is 11.7 Å². The van der Waals surface area contributed by atoms with E-state index in [1.807, 2.05) is 30.3 Å². The molecule has 3 nitrogen and oxygen atoms in total. The Morgan fingerprint density at radius 2 is 1.85 bits per heavy atom. The van der Waals surface area contributed by atoms with Gasteiger partial charge in [0.05, 0.1) is 5.56 Å². The van der Waals surface area contributed by atoms with Gasteiger partial charge in [-0.1, -0.05) is 30.3 Å². The van der Waals surface area contributed by atoms with Gasteiger partial charge in [0.15, 0.2) is 0 Å². The Kier molecular flexibility index (Phi) is 4.12. The first-order valence-corrected chi connectivity index (χ1v) is 5.93. The molecular formula is C14H13F3N2O. The molecule has 106 valence electrons. The Hall–Kier alpha value is -2.24. The molecule has 0 aliphatic heterocycles. The summed E-state index contributed by atoms with van der Waals surface area (Å²) in [6.07, 6.45) is -4.43. The lowest BCUT2D eigenvalue weighted by Crippen LogP contribution is -2.08. The molecule has 1 N–H and O–H groups in total. The van der Waals surface area contributed by atoms with Crippen molar-refractivity contribution in [3.63, 3.8) is 0 Å². The topological polar surface area (TPSA) is 34.1 Å². The molecule has 2 aromatic rings. The lowest BCUT2D eigenvalue weighted by Gasteiger charge is -2.12. The van der Waals surface area contributed by atoms with E-state index in [1.54, 1.807) is 0 Å². The molecule has 6 heteroatoms. The Bertz CT molecular complexity index is 570. The van der Waals surface area contributed by atoms with Crippen LogP contribution in [0.1, 0.15) is 11.1 Å². The van der Waals surface area contributed by atoms with Crippen LogP contribution in [-0.4, -0.2) is 12.0 Å². The van der Waals surface area contributed by atoms with Crippen LogP contribution in [0.2, 0.25) is 0 Å². The summed E-state index contributed by atoms with van der Waals surface area (Å²) in [6.45, 7) is 0.165. The predicted molar refractivity (Wildman–Crippen MR) is 69.6 cm³/mol. The minimum atomic E-state index is -4.43. The quantitative estimate of drug-likeness (QED) is 0.928. The Balaban J connectivity index is 2.19. The highest BCUT2D eigenvalue weighted by Gasteiger charge is 2.31. The summed E-state index contributed by atoms with van der Waals surface area (Å²) < 4.78 is 43.5. The van der Waals surface area contributed by atoms with Crippen molar-refractivity contribution in [2.24, 2.45) is 0 Å².